The molecule has 0 atom stereocenters. The summed E-state index contributed by atoms with van der Waals surface area (Å²) in [6, 6.07) is 0.781. The second-order valence-electron chi connectivity index (χ2n) is 2.16. The SMILES string of the molecule is CN(S)C1CCC1. The minimum atomic E-state index is 0.781. The highest BCUT2D eigenvalue weighted by Crippen LogP contribution is 2.23. The molecule has 0 saturated heterocycles. The largest absolute Gasteiger partial charge is 0.253 e. The summed E-state index contributed by atoms with van der Waals surface area (Å²) in [7, 11) is 2.02. The Kier molecular flexibility index (Phi) is 1.60. The van der Waals surface area contributed by atoms with Gasteiger partial charge in [0.25, 0.3) is 0 Å². The van der Waals surface area contributed by atoms with Crippen molar-refractivity contribution >= 4 is 12.8 Å². The normalized spacial score (nSPS) is 22.7. The molecule has 0 heterocycles. The molecule has 1 nitrogen and oxygen atoms in total. The van der Waals surface area contributed by atoms with Gasteiger partial charge in [-0.05, 0) is 19.9 Å². The van der Waals surface area contributed by atoms with Crippen LogP contribution in [0.3, 0.4) is 0 Å². The predicted octanol–water partition coefficient (Wildman–Crippen LogP) is 1.32. The fourth-order valence-corrected chi connectivity index (χ4v) is 0.991. The third-order valence-corrected chi connectivity index (χ3v) is 1.93. The Morgan fingerprint density at radius 1 is 1.57 bits per heavy atom. The second kappa shape index (κ2) is 2.05. The fourth-order valence-electron chi connectivity index (χ4n) is 0.760. The first kappa shape index (κ1) is 5.45. The van der Waals surface area contributed by atoms with Crippen LogP contribution in [-0.4, -0.2) is 17.4 Å². The zero-order valence-corrected chi connectivity index (χ0v) is 5.49. The van der Waals surface area contributed by atoms with Crippen LogP contribution >= 0.6 is 12.8 Å². The molecule has 0 spiro atoms. The van der Waals surface area contributed by atoms with Gasteiger partial charge in [-0.25, -0.2) is 0 Å². The van der Waals surface area contributed by atoms with Gasteiger partial charge < -0.3 is 0 Å². The minimum absolute atomic E-state index is 0.781. The lowest BCUT2D eigenvalue weighted by Gasteiger charge is -2.30. The molecule has 0 bridgehead atoms. The molecule has 1 aliphatic carbocycles. The van der Waals surface area contributed by atoms with E-state index in [0.717, 1.165) is 6.04 Å². The zero-order valence-electron chi connectivity index (χ0n) is 4.59. The Bertz CT molecular complexity index is 59.1. The molecule has 0 aromatic carbocycles. The lowest BCUT2D eigenvalue weighted by molar-refractivity contribution is 0.270. The molecule has 0 aromatic heterocycles. The van der Waals surface area contributed by atoms with Crippen molar-refractivity contribution in [3.8, 4) is 0 Å². The highest BCUT2D eigenvalue weighted by Gasteiger charge is 2.18. The Hall–Kier alpha value is 0.310. The van der Waals surface area contributed by atoms with Crippen LogP contribution in [0.5, 0.6) is 0 Å². The zero-order chi connectivity index (χ0) is 5.28. The third-order valence-electron chi connectivity index (χ3n) is 1.60. The average Bonchev–Trinajstić information content (AvgIpc) is 1.23. The van der Waals surface area contributed by atoms with Gasteiger partial charge in [0, 0.05) is 6.04 Å². The highest BCUT2D eigenvalue weighted by atomic mass is 32.1. The topological polar surface area (TPSA) is 3.24 Å². The molecule has 0 radical (unpaired) electrons. The van der Waals surface area contributed by atoms with Crippen LogP contribution in [0.1, 0.15) is 19.3 Å². The van der Waals surface area contributed by atoms with E-state index in [-0.39, 0.29) is 0 Å². The molecule has 1 saturated carbocycles. The summed E-state index contributed by atoms with van der Waals surface area (Å²) in [6.07, 6.45) is 4.09. The predicted molar refractivity (Wildman–Crippen MR) is 34.4 cm³/mol. The average molecular weight is 117 g/mol. The van der Waals surface area contributed by atoms with E-state index in [1.54, 1.807) is 0 Å². The van der Waals surface area contributed by atoms with E-state index in [1.165, 1.54) is 19.3 Å². The molecule has 2 heteroatoms. The Morgan fingerprint density at radius 2 is 2.14 bits per heavy atom. The molecule has 0 aliphatic heterocycles. The van der Waals surface area contributed by atoms with Crippen LogP contribution in [0.25, 0.3) is 0 Å². The second-order valence-corrected chi connectivity index (χ2v) is 2.79. The lowest BCUT2D eigenvalue weighted by Crippen LogP contribution is -2.30. The summed E-state index contributed by atoms with van der Waals surface area (Å²) in [4.78, 5) is 0. The van der Waals surface area contributed by atoms with Gasteiger partial charge in [0.05, 0.1) is 0 Å². The smallest absolute Gasteiger partial charge is 0.0197 e. The van der Waals surface area contributed by atoms with Crippen molar-refractivity contribution in [1.29, 1.82) is 0 Å². The molecule has 0 aromatic rings. The molecule has 1 aliphatic rings. The minimum Gasteiger partial charge on any atom is -0.253 e. The standard InChI is InChI=1S/C5H11NS/c1-6(7)5-3-2-4-5/h5,7H,2-4H2,1H3. The van der Waals surface area contributed by atoms with Crippen LogP contribution in [0.4, 0.5) is 0 Å². The molecule has 0 amide bonds. The quantitative estimate of drug-likeness (QED) is 0.507. The molecular weight excluding hydrogens is 106 g/mol. The number of thiol groups is 1. The lowest BCUT2D eigenvalue weighted by atomic mass is 9.94. The van der Waals surface area contributed by atoms with Gasteiger partial charge in [-0.2, -0.15) is 0 Å². The Morgan fingerprint density at radius 3 is 2.14 bits per heavy atom. The van der Waals surface area contributed by atoms with Crippen molar-refractivity contribution in [3.05, 3.63) is 0 Å². The molecular formula is C5H11NS. The van der Waals surface area contributed by atoms with Gasteiger partial charge in [0.1, 0.15) is 0 Å². The molecule has 42 valence electrons. The monoisotopic (exact) mass is 117 g/mol. The number of hydrogen-bond acceptors (Lipinski definition) is 2. The highest BCUT2D eigenvalue weighted by molar-refractivity contribution is 7.77. The van der Waals surface area contributed by atoms with Gasteiger partial charge in [-0.3, -0.25) is 4.31 Å². The van der Waals surface area contributed by atoms with Crippen LogP contribution in [0, 0.1) is 0 Å². The van der Waals surface area contributed by atoms with E-state index in [4.69, 9.17) is 0 Å². The van der Waals surface area contributed by atoms with Gasteiger partial charge in [-0.1, -0.05) is 19.2 Å². The summed E-state index contributed by atoms with van der Waals surface area (Å²) >= 11 is 4.16. The Labute approximate surface area is 50.2 Å². The molecule has 1 rings (SSSR count). The molecule has 0 N–H and O–H groups in total. The maximum absolute atomic E-state index is 4.16. The van der Waals surface area contributed by atoms with Crippen LogP contribution < -0.4 is 0 Å². The van der Waals surface area contributed by atoms with Crippen LogP contribution in [0.15, 0.2) is 0 Å². The van der Waals surface area contributed by atoms with E-state index in [0.29, 0.717) is 0 Å². The first-order chi connectivity index (χ1) is 3.30. The van der Waals surface area contributed by atoms with Crippen molar-refractivity contribution in [2.24, 2.45) is 0 Å². The van der Waals surface area contributed by atoms with Crippen molar-refractivity contribution in [1.82, 2.24) is 4.31 Å². The maximum atomic E-state index is 4.16. The van der Waals surface area contributed by atoms with Crippen LogP contribution in [0.2, 0.25) is 0 Å². The van der Waals surface area contributed by atoms with Gasteiger partial charge in [-0.15, -0.1) is 0 Å². The summed E-state index contributed by atoms with van der Waals surface area (Å²) in [5.41, 5.74) is 0. The first-order valence-electron chi connectivity index (χ1n) is 2.72. The number of rotatable bonds is 1. The first-order valence-corrected chi connectivity index (χ1v) is 3.12. The molecule has 7 heavy (non-hydrogen) atoms. The van der Waals surface area contributed by atoms with E-state index >= 15 is 0 Å². The van der Waals surface area contributed by atoms with Crippen LogP contribution in [-0.2, 0) is 0 Å². The van der Waals surface area contributed by atoms with E-state index in [2.05, 4.69) is 12.8 Å². The van der Waals surface area contributed by atoms with Crippen molar-refractivity contribution < 1.29 is 0 Å². The summed E-state index contributed by atoms with van der Waals surface area (Å²) in [6.45, 7) is 0. The summed E-state index contributed by atoms with van der Waals surface area (Å²) in [5.74, 6) is 0. The summed E-state index contributed by atoms with van der Waals surface area (Å²) in [5, 5.41) is 0. The summed E-state index contributed by atoms with van der Waals surface area (Å²) < 4.78 is 2.00. The van der Waals surface area contributed by atoms with Gasteiger partial charge in [0.2, 0.25) is 0 Å². The molecule has 0 unspecified atom stereocenters. The fraction of sp³-hybridized carbons (Fsp3) is 1.00. The van der Waals surface area contributed by atoms with Gasteiger partial charge >= 0.3 is 0 Å². The maximum Gasteiger partial charge on any atom is 0.0197 e. The van der Waals surface area contributed by atoms with E-state index in [9.17, 15) is 0 Å². The van der Waals surface area contributed by atoms with Gasteiger partial charge in [0.15, 0.2) is 0 Å². The van der Waals surface area contributed by atoms with E-state index in [1.807, 2.05) is 11.4 Å². The van der Waals surface area contributed by atoms with Crippen molar-refractivity contribution in [2.45, 2.75) is 25.3 Å². The third kappa shape index (κ3) is 1.10. The Balaban J connectivity index is 2.14. The van der Waals surface area contributed by atoms with Crippen molar-refractivity contribution in [3.63, 3.8) is 0 Å². The van der Waals surface area contributed by atoms with E-state index < -0.39 is 0 Å². The molecule has 1 fully saturated rings. The van der Waals surface area contributed by atoms with Crippen molar-refractivity contribution in [2.75, 3.05) is 7.05 Å². The number of nitrogens with zero attached hydrogens (tertiary/aromatic N) is 1. The number of hydrogen-bond donors (Lipinski definition) is 1.